The van der Waals surface area contributed by atoms with Gasteiger partial charge in [-0.05, 0) is 35.7 Å². The minimum Gasteiger partial charge on any atom is -0.349 e. The smallest absolute Gasteiger partial charge is 0.251 e. The summed E-state index contributed by atoms with van der Waals surface area (Å²) in [4.78, 5) is 25.5. The standard InChI is InChI=1S/C18H20N2O2/c1-13(21)20-10-8-17(9-11-20)19-18(22)16-7-6-14-4-2-3-5-15(14)12-16/h2-7,12,17H,8-11H2,1H3,(H,19,22). The normalized spacial score (nSPS) is 15.8. The Hall–Kier alpha value is -2.36. The van der Waals surface area contributed by atoms with E-state index in [9.17, 15) is 9.59 Å². The van der Waals surface area contributed by atoms with Crippen LogP contribution in [-0.4, -0.2) is 35.8 Å². The SMILES string of the molecule is CC(=O)N1CCC(NC(=O)c2ccc3ccccc3c2)CC1. The molecule has 114 valence electrons. The number of carbonyl (C=O) groups excluding carboxylic acids is 2. The number of nitrogens with one attached hydrogen (secondary N) is 1. The second kappa shape index (κ2) is 6.18. The summed E-state index contributed by atoms with van der Waals surface area (Å²) < 4.78 is 0. The average Bonchev–Trinajstić information content (AvgIpc) is 2.55. The molecule has 0 atom stereocenters. The van der Waals surface area contributed by atoms with Gasteiger partial charge in [0, 0.05) is 31.6 Å². The number of piperidine rings is 1. The first kappa shape index (κ1) is 14.6. The van der Waals surface area contributed by atoms with Crippen molar-refractivity contribution in [2.75, 3.05) is 13.1 Å². The van der Waals surface area contributed by atoms with E-state index in [0.29, 0.717) is 5.56 Å². The van der Waals surface area contributed by atoms with Crippen molar-refractivity contribution in [3.05, 3.63) is 48.0 Å². The fraction of sp³-hybridized carbons (Fsp3) is 0.333. The summed E-state index contributed by atoms with van der Waals surface area (Å²) in [5.41, 5.74) is 0.688. The molecule has 1 aliphatic heterocycles. The molecule has 22 heavy (non-hydrogen) atoms. The molecule has 4 nitrogen and oxygen atoms in total. The molecule has 0 aromatic heterocycles. The molecule has 4 heteroatoms. The summed E-state index contributed by atoms with van der Waals surface area (Å²) in [6, 6.07) is 13.9. The monoisotopic (exact) mass is 296 g/mol. The van der Waals surface area contributed by atoms with Crippen molar-refractivity contribution in [3.8, 4) is 0 Å². The second-order valence-electron chi connectivity index (χ2n) is 5.82. The highest BCUT2D eigenvalue weighted by atomic mass is 16.2. The van der Waals surface area contributed by atoms with Crippen LogP contribution in [0.1, 0.15) is 30.1 Å². The van der Waals surface area contributed by atoms with Crippen LogP contribution in [0.3, 0.4) is 0 Å². The summed E-state index contributed by atoms with van der Waals surface area (Å²) in [7, 11) is 0. The van der Waals surface area contributed by atoms with Crippen molar-refractivity contribution >= 4 is 22.6 Å². The zero-order valence-electron chi connectivity index (χ0n) is 12.7. The number of rotatable bonds is 2. The highest BCUT2D eigenvalue weighted by Crippen LogP contribution is 2.16. The van der Waals surface area contributed by atoms with Gasteiger partial charge < -0.3 is 10.2 Å². The van der Waals surface area contributed by atoms with Crippen molar-refractivity contribution in [3.63, 3.8) is 0 Å². The van der Waals surface area contributed by atoms with Crippen LogP contribution in [0, 0.1) is 0 Å². The van der Waals surface area contributed by atoms with Crippen LogP contribution in [-0.2, 0) is 4.79 Å². The van der Waals surface area contributed by atoms with Crippen LogP contribution in [0.4, 0.5) is 0 Å². The molecule has 1 fully saturated rings. The Bertz CT molecular complexity index is 703. The van der Waals surface area contributed by atoms with Gasteiger partial charge in [-0.15, -0.1) is 0 Å². The summed E-state index contributed by atoms with van der Waals surface area (Å²) in [6.07, 6.45) is 1.64. The van der Waals surface area contributed by atoms with E-state index < -0.39 is 0 Å². The van der Waals surface area contributed by atoms with Crippen molar-refractivity contribution in [2.45, 2.75) is 25.8 Å². The van der Waals surface area contributed by atoms with E-state index in [1.165, 1.54) is 0 Å². The van der Waals surface area contributed by atoms with E-state index in [-0.39, 0.29) is 17.9 Å². The molecule has 1 saturated heterocycles. The minimum absolute atomic E-state index is 0.0352. The van der Waals surface area contributed by atoms with Crippen molar-refractivity contribution < 1.29 is 9.59 Å². The molecule has 0 aliphatic carbocycles. The number of hydrogen-bond donors (Lipinski definition) is 1. The number of nitrogens with zero attached hydrogens (tertiary/aromatic N) is 1. The zero-order valence-corrected chi connectivity index (χ0v) is 12.7. The Morgan fingerprint density at radius 3 is 2.41 bits per heavy atom. The van der Waals surface area contributed by atoms with Crippen LogP contribution in [0.5, 0.6) is 0 Å². The summed E-state index contributed by atoms with van der Waals surface area (Å²) in [6.45, 7) is 3.03. The number of benzene rings is 2. The average molecular weight is 296 g/mol. The maximum absolute atomic E-state index is 12.4. The van der Waals surface area contributed by atoms with Gasteiger partial charge in [0.25, 0.3) is 5.91 Å². The maximum Gasteiger partial charge on any atom is 0.251 e. The lowest BCUT2D eigenvalue weighted by molar-refractivity contribution is -0.129. The third kappa shape index (κ3) is 3.11. The predicted octanol–water partition coefficient (Wildman–Crippen LogP) is 2.58. The van der Waals surface area contributed by atoms with Gasteiger partial charge in [0.2, 0.25) is 5.91 Å². The first-order valence-corrected chi connectivity index (χ1v) is 7.68. The van der Waals surface area contributed by atoms with Gasteiger partial charge >= 0.3 is 0 Å². The first-order chi connectivity index (χ1) is 10.6. The molecule has 1 heterocycles. The van der Waals surface area contributed by atoms with Gasteiger partial charge in [-0.1, -0.05) is 30.3 Å². The third-order valence-corrected chi connectivity index (χ3v) is 4.29. The van der Waals surface area contributed by atoms with Crippen LogP contribution >= 0.6 is 0 Å². The first-order valence-electron chi connectivity index (χ1n) is 7.68. The Kier molecular flexibility index (Phi) is 4.09. The predicted molar refractivity (Wildman–Crippen MR) is 86.7 cm³/mol. The van der Waals surface area contributed by atoms with E-state index in [1.54, 1.807) is 6.92 Å². The molecule has 2 amide bonds. The molecule has 0 bridgehead atoms. The van der Waals surface area contributed by atoms with E-state index in [4.69, 9.17) is 0 Å². The van der Waals surface area contributed by atoms with Gasteiger partial charge in [-0.2, -0.15) is 0 Å². The van der Waals surface area contributed by atoms with E-state index in [0.717, 1.165) is 36.7 Å². The number of hydrogen-bond acceptors (Lipinski definition) is 2. The summed E-state index contributed by atoms with van der Waals surface area (Å²) in [5.74, 6) is 0.0753. The quantitative estimate of drug-likeness (QED) is 0.926. The van der Waals surface area contributed by atoms with Crippen LogP contribution < -0.4 is 5.32 Å². The van der Waals surface area contributed by atoms with Crippen molar-refractivity contribution in [2.24, 2.45) is 0 Å². The molecule has 2 aromatic rings. The molecule has 1 N–H and O–H groups in total. The van der Waals surface area contributed by atoms with Gasteiger partial charge in [-0.3, -0.25) is 9.59 Å². The Balaban J connectivity index is 1.65. The Labute approximate surface area is 130 Å². The maximum atomic E-state index is 12.4. The van der Waals surface area contributed by atoms with E-state index in [2.05, 4.69) is 5.32 Å². The summed E-state index contributed by atoms with van der Waals surface area (Å²) >= 11 is 0. The Morgan fingerprint density at radius 1 is 1.05 bits per heavy atom. The minimum atomic E-state index is -0.0352. The van der Waals surface area contributed by atoms with Gasteiger partial charge in [-0.25, -0.2) is 0 Å². The Morgan fingerprint density at radius 2 is 1.73 bits per heavy atom. The number of carbonyl (C=O) groups is 2. The second-order valence-corrected chi connectivity index (χ2v) is 5.82. The largest absolute Gasteiger partial charge is 0.349 e. The number of amides is 2. The highest BCUT2D eigenvalue weighted by molar-refractivity contribution is 5.98. The summed E-state index contributed by atoms with van der Waals surface area (Å²) in [5, 5.41) is 5.29. The highest BCUT2D eigenvalue weighted by Gasteiger charge is 2.22. The lowest BCUT2D eigenvalue weighted by Gasteiger charge is -2.31. The molecule has 1 aliphatic rings. The molecule has 0 radical (unpaired) electrons. The van der Waals surface area contributed by atoms with Gasteiger partial charge in [0.15, 0.2) is 0 Å². The van der Waals surface area contributed by atoms with E-state index >= 15 is 0 Å². The van der Waals surface area contributed by atoms with Crippen molar-refractivity contribution in [1.82, 2.24) is 10.2 Å². The molecule has 0 unspecified atom stereocenters. The molecular weight excluding hydrogens is 276 g/mol. The number of fused-ring (bicyclic) bond motifs is 1. The zero-order chi connectivity index (χ0) is 15.5. The van der Waals surface area contributed by atoms with E-state index in [1.807, 2.05) is 47.4 Å². The lowest BCUT2D eigenvalue weighted by atomic mass is 10.0. The van der Waals surface area contributed by atoms with Gasteiger partial charge in [0.1, 0.15) is 0 Å². The molecule has 2 aromatic carbocycles. The van der Waals surface area contributed by atoms with Gasteiger partial charge in [0.05, 0.1) is 0 Å². The van der Waals surface area contributed by atoms with Crippen LogP contribution in [0.15, 0.2) is 42.5 Å². The van der Waals surface area contributed by atoms with Crippen molar-refractivity contribution in [1.29, 1.82) is 0 Å². The van der Waals surface area contributed by atoms with Crippen LogP contribution in [0.2, 0.25) is 0 Å². The molecule has 0 saturated carbocycles. The lowest BCUT2D eigenvalue weighted by Crippen LogP contribution is -2.45. The molecule has 3 rings (SSSR count). The van der Waals surface area contributed by atoms with Crippen LogP contribution in [0.25, 0.3) is 10.8 Å². The molecular formula is C18H20N2O2. The molecule has 0 spiro atoms. The fourth-order valence-electron chi connectivity index (χ4n) is 2.94. The fourth-order valence-corrected chi connectivity index (χ4v) is 2.94. The number of likely N-dealkylation sites (tertiary alicyclic amines) is 1. The topological polar surface area (TPSA) is 49.4 Å². The third-order valence-electron chi connectivity index (χ3n) is 4.29.